The van der Waals surface area contributed by atoms with Crippen molar-refractivity contribution in [2.24, 2.45) is 0 Å². The van der Waals surface area contributed by atoms with Crippen LogP contribution in [0.1, 0.15) is 38.9 Å². The van der Waals surface area contributed by atoms with Crippen molar-refractivity contribution >= 4 is 11.8 Å². The molecule has 2 aromatic heterocycles. The number of nitro groups is 1. The van der Waals surface area contributed by atoms with E-state index in [9.17, 15) is 14.9 Å². The predicted octanol–water partition coefficient (Wildman–Crippen LogP) is 4.98. The largest absolute Gasteiger partial charge is 0.444 e. The normalized spacial score (nSPS) is 12.1. The van der Waals surface area contributed by atoms with Crippen LogP contribution < -0.4 is 5.32 Å². The monoisotopic (exact) mass is 435 g/mol. The number of benzene rings is 1. The molecule has 0 saturated heterocycles. The molecule has 2 heterocycles. The average molecular weight is 435 g/mol. The Kier molecular flexibility index (Phi) is 6.67. The highest BCUT2D eigenvalue weighted by molar-refractivity contribution is 5.72. The number of hydrogen-bond donors (Lipinski definition) is 1. The molecule has 3 rings (SSSR count). The number of amides is 1. The van der Waals surface area contributed by atoms with Crippen molar-refractivity contribution in [1.29, 1.82) is 0 Å². The lowest BCUT2D eigenvalue weighted by molar-refractivity contribution is -0.384. The maximum absolute atomic E-state index is 12.3. The van der Waals surface area contributed by atoms with E-state index in [2.05, 4.69) is 22.0 Å². The number of para-hydroxylation sites is 1. The van der Waals surface area contributed by atoms with Crippen molar-refractivity contribution in [1.82, 2.24) is 20.1 Å². The van der Waals surface area contributed by atoms with Gasteiger partial charge in [-0.05, 0) is 51.5 Å². The Morgan fingerprint density at radius 1 is 1.31 bits per heavy atom. The summed E-state index contributed by atoms with van der Waals surface area (Å²) in [5, 5.41) is 18.7. The predicted molar refractivity (Wildman–Crippen MR) is 120 cm³/mol. The number of rotatable bonds is 7. The van der Waals surface area contributed by atoms with Gasteiger partial charge in [-0.15, -0.1) is 6.58 Å². The van der Waals surface area contributed by atoms with E-state index in [4.69, 9.17) is 4.74 Å². The third kappa shape index (κ3) is 5.37. The van der Waals surface area contributed by atoms with Gasteiger partial charge in [0.1, 0.15) is 11.8 Å². The molecule has 0 aliphatic carbocycles. The molecule has 0 unspecified atom stereocenters. The first kappa shape index (κ1) is 22.7. The number of nitrogens with one attached hydrogen (secondary N) is 1. The van der Waals surface area contributed by atoms with E-state index in [-0.39, 0.29) is 5.69 Å². The molecule has 0 spiro atoms. The third-order valence-electron chi connectivity index (χ3n) is 4.45. The number of hydrogen-bond acceptors (Lipinski definition) is 6. The van der Waals surface area contributed by atoms with E-state index in [1.54, 1.807) is 45.2 Å². The van der Waals surface area contributed by atoms with Gasteiger partial charge in [0.25, 0.3) is 0 Å². The molecule has 0 aliphatic rings. The van der Waals surface area contributed by atoms with Crippen molar-refractivity contribution in [3.8, 4) is 16.9 Å². The van der Waals surface area contributed by atoms with Crippen LogP contribution in [0.25, 0.3) is 16.9 Å². The fourth-order valence-electron chi connectivity index (χ4n) is 3.16. The second-order valence-electron chi connectivity index (χ2n) is 8.08. The van der Waals surface area contributed by atoms with Crippen LogP contribution in [0.5, 0.6) is 0 Å². The average Bonchev–Trinajstić information content (AvgIpc) is 3.18. The first-order chi connectivity index (χ1) is 15.2. The Bertz CT molecular complexity index is 1120. The quantitative estimate of drug-likeness (QED) is 0.318. The molecule has 1 amide bonds. The molecule has 0 fully saturated rings. The van der Waals surface area contributed by atoms with E-state index in [0.717, 1.165) is 0 Å². The van der Waals surface area contributed by atoms with E-state index in [1.807, 2.05) is 30.3 Å². The van der Waals surface area contributed by atoms with Crippen LogP contribution in [0.15, 0.2) is 67.5 Å². The number of carbonyl (C=O) groups is 1. The van der Waals surface area contributed by atoms with Crippen LogP contribution >= 0.6 is 0 Å². The second-order valence-corrected chi connectivity index (χ2v) is 8.08. The lowest BCUT2D eigenvalue weighted by Gasteiger charge is -2.23. The molecule has 9 nitrogen and oxygen atoms in total. The molecule has 32 heavy (non-hydrogen) atoms. The molecule has 3 aromatic rings. The van der Waals surface area contributed by atoms with Gasteiger partial charge in [-0.25, -0.2) is 9.48 Å². The fraction of sp³-hybridized carbons (Fsp3) is 0.261. The van der Waals surface area contributed by atoms with Gasteiger partial charge in [-0.2, -0.15) is 5.10 Å². The minimum absolute atomic E-state index is 0.133. The van der Waals surface area contributed by atoms with Crippen LogP contribution in [0, 0.1) is 10.1 Å². The molecule has 1 N–H and O–H groups in total. The van der Waals surface area contributed by atoms with Gasteiger partial charge >= 0.3 is 11.8 Å². The summed E-state index contributed by atoms with van der Waals surface area (Å²) in [6.45, 7) is 9.07. The van der Waals surface area contributed by atoms with E-state index in [0.29, 0.717) is 29.1 Å². The number of ether oxygens (including phenoxy) is 1. The first-order valence-electron chi connectivity index (χ1n) is 10.0. The third-order valence-corrected chi connectivity index (χ3v) is 4.45. The molecule has 0 radical (unpaired) electrons. The lowest BCUT2D eigenvalue weighted by Crippen LogP contribution is -2.35. The summed E-state index contributed by atoms with van der Waals surface area (Å²) < 4.78 is 6.87. The molecule has 9 heteroatoms. The zero-order chi connectivity index (χ0) is 23.3. The van der Waals surface area contributed by atoms with Gasteiger partial charge in [0.2, 0.25) is 0 Å². The zero-order valence-corrected chi connectivity index (χ0v) is 18.2. The Labute approximate surface area is 185 Å². The highest BCUT2D eigenvalue weighted by Crippen LogP contribution is 2.33. The Balaban J connectivity index is 2.03. The minimum Gasteiger partial charge on any atom is -0.444 e. The number of nitrogens with zero attached hydrogens (tertiary/aromatic N) is 4. The van der Waals surface area contributed by atoms with Gasteiger partial charge in [0.15, 0.2) is 5.69 Å². The number of carbonyl (C=O) groups excluding carboxylic acids is 1. The van der Waals surface area contributed by atoms with Gasteiger partial charge in [-0.1, -0.05) is 24.3 Å². The van der Waals surface area contributed by atoms with E-state index < -0.39 is 22.7 Å². The van der Waals surface area contributed by atoms with Gasteiger partial charge in [0, 0.05) is 11.8 Å². The smallest absolute Gasteiger partial charge is 0.408 e. The number of pyridine rings is 1. The fourth-order valence-corrected chi connectivity index (χ4v) is 3.16. The van der Waals surface area contributed by atoms with Gasteiger partial charge < -0.3 is 10.1 Å². The molecular weight excluding hydrogens is 410 g/mol. The lowest BCUT2D eigenvalue weighted by atomic mass is 10.1. The molecule has 166 valence electrons. The van der Waals surface area contributed by atoms with Crippen LogP contribution in [-0.2, 0) is 4.74 Å². The summed E-state index contributed by atoms with van der Waals surface area (Å²) in [6, 6.07) is 12.0. The maximum Gasteiger partial charge on any atom is 0.408 e. The number of alkyl carbamates (subject to hydrolysis) is 1. The Morgan fingerprint density at radius 2 is 2.03 bits per heavy atom. The highest BCUT2D eigenvalue weighted by atomic mass is 16.6. The van der Waals surface area contributed by atoms with Crippen molar-refractivity contribution < 1.29 is 14.5 Å². The van der Waals surface area contributed by atoms with Crippen LogP contribution in [0.3, 0.4) is 0 Å². The second kappa shape index (κ2) is 9.42. The van der Waals surface area contributed by atoms with Crippen molar-refractivity contribution in [2.45, 2.75) is 38.8 Å². The molecule has 1 atom stereocenters. The Morgan fingerprint density at radius 3 is 2.66 bits per heavy atom. The molecule has 1 aromatic carbocycles. The highest BCUT2D eigenvalue weighted by Gasteiger charge is 2.25. The summed E-state index contributed by atoms with van der Waals surface area (Å²) >= 11 is 0. The summed E-state index contributed by atoms with van der Waals surface area (Å²) in [5.41, 5.74) is 1.28. The van der Waals surface area contributed by atoms with Gasteiger partial charge in [0.05, 0.1) is 22.3 Å². The van der Waals surface area contributed by atoms with E-state index in [1.165, 1.54) is 10.9 Å². The molecular formula is C23H25N5O4. The van der Waals surface area contributed by atoms with Crippen molar-refractivity contribution in [3.05, 3.63) is 83.3 Å². The topological polar surface area (TPSA) is 112 Å². The molecule has 0 bridgehead atoms. The summed E-state index contributed by atoms with van der Waals surface area (Å²) in [4.78, 5) is 27.9. The minimum atomic E-state index is -0.652. The Hall–Kier alpha value is -4.01. The molecule has 0 saturated carbocycles. The van der Waals surface area contributed by atoms with Crippen molar-refractivity contribution in [2.75, 3.05) is 0 Å². The molecule has 0 aliphatic heterocycles. The summed E-state index contributed by atoms with van der Waals surface area (Å²) in [6.07, 6.45) is 4.24. The van der Waals surface area contributed by atoms with Crippen LogP contribution in [0.2, 0.25) is 0 Å². The summed E-state index contributed by atoms with van der Waals surface area (Å²) in [5.74, 6) is 0. The standard InChI is InChI=1S/C23H25N5O4/c1-5-9-18(26-22(29)32-23(2,3)4)19-14-16(12-13-24-19)21-20(28(30)31)15-25-27(21)17-10-7-6-8-11-17/h5-8,10-15,18H,1,9H2,2-4H3,(H,26,29)/t18-/m0/s1. The SMILES string of the molecule is C=CC[C@H](NC(=O)OC(C)(C)C)c1cc(-c2c([N+](=O)[O-])cnn2-c2ccccc2)ccn1. The van der Waals surface area contributed by atoms with Gasteiger partial charge in [-0.3, -0.25) is 15.1 Å². The summed E-state index contributed by atoms with van der Waals surface area (Å²) in [7, 11) is 0. The van der Waals surface area contributed by atoms with E-state index >= 15 is 0 Å². The van der Waals surface area contributed by atoms with Crippen LogP contribution in [-0.4, -0.2) is 31.4 Å². The first-order valence-corrected chi connectivity index (χ1v) is 10.0. The van der Waals surface area contributed by atoms with Crippen molar-refractivity contribution in [3.63, 3.8) is 0 Å². The van der Waals surface area contributed by atoms with Crippen LogP contribution in [0.4, 0.5) is 10.5 Å². The maximum atomic E-state index is 12.3. The zero-order valence-electron chi connectivity index (χ0n) is 18.2. The number of aromatic nitrogens is 3.